The molecule has 0 unspecified atom stereocenters. The van der Waals surface area contributed by atoms with E-state index in [9.17, 15) is 8.78 Å². The predicted octanol–water partition coefficient (Wildman–Crippen LogP) is 3.47. The molecule has 1 heterocycles. The van der Waals surface area contributed by atoms with Gasteiger partial charge in [-0.25, -0.2) is 8.78 Å². The number of aryl methyl sites for hydroxylation is 1. The van der Waals surface area contributed by atoms with E-state index in [-0.39, 0.29) is 22.4 Å². The Kier molecular flexibility index (Phi) is 3.08. The first kappa shape index (κ1) is 13.5. The lowest BCUT2D eigenvalue weighted by Crippen LogP contribution is -2.22. The van der Waals surface area contributed by atoms with Gasteiger partial charge in [0.1, 0.15) is 17.3 Å². The molecule has 19 heavy (non-hydrogen) atoms. The zero-order valence-corrected chi connectivity index (χ0v) is 11.5. The van der Waals surface area contributed by atoms with Gasteiger partial charge in [-0.3, -0.25) is 4.68 Å². The van der Waals surface area contributed by atoms with Crippen LogP contribution in [0.3, 0.4) is 0 Å². The fourth-order valence-corrected chi connectivity index (χ4v) is 1.77. The van der Waals surface area contributed by atoms with Gasteiger partial charge in [0.2, 0.25) is 0 Å². The third-order valence-corrected chi connectivity index (χ3v) is 2.93. The molecule has 102 valence electrons. The van der Waals surface area contributed by atoms with Crippen molar-refractivity contribution < 1.29 is 8.78 Å². The van der Waals surface area contributed by atoms with Crippen LogP contribution < -0.4 is 5.73 Å². The number of hydrogen-bond acceptors (Lipinski definition) is 2. The topological polar surface area (TPSA) is 43.8 Å². The van der Waals surface area contributed by atoms with Crippen molar-refractivity contribution in [3.05, 3.63) is 35.5 Å². The second-order valence-corrected chi connectivity index (χ2v) is 5.63. The van der Waals surface area contributed by atoms with Crippen molar-refractivity contribution in [1.82, 2.24) is 9.78 Å². The van der Waals surface area contributed by atoms with Crippen LogP contribution in [-0.4, -0.2) is 9.78 Å². The van der Waals surface area contributed by atoms with E-state index in [1.807, 2.05) is 20.8 Å². The highest BCUT2D eigenvalue weighted by molar-refractivity contribution is 5.72. The summed E-state index contributed by atoms with van der Waals surface area (Å²) >= 11 is 0. The van der Waals surface area contributed by atoms with E-state index in [0.29, 0.717) is 5.69 Å². The Hall–Kier alpha value is -1.91. The number of anilines is 1. The molecule has 0 atom stereocenters. The van der Waals surface area contributed by atoms with Crippen molar-refractivity contribution in [2.45, 2.75) is 33.2 Å². The van der Waals surface area contributed by atoms with Gasteiger partial charge in [0.05, 0.1) is 11.2 Å². The van der Waals surface area contributed by atoms with E-state index in [4.69, 9.17) is 5.73 Å². The Balaban J connectivity index is 2.60. The molecule has 0 radical (unpaired) electrons. The van der Waals surface area contributed by atoms with Crippen LogP contribution in [0.25, 0.3) is 11.3 Å². The normalized spacial score (nSPS) is 11.9. The van der Waals surface area contributed by atoms with Crippen LogP contribution in [0.1, 0.15) is 26.3 Å². The van der Waals surface area contributed by atoms with Gasteiger partial charge >= 0.3 is 0 Å². The van der Waals surface area contributed by atoms with E-state index in [2.05, 4.69) is 5.10 Å². The number of nitrogen functional groups attached to an aromatic ring is 1. The van der Waals surface area contributed by atoms with Crippen LogP contribution in [-0.2, 0) is 5.54 Å². The molecule has 5 heteroatoms. The van der Waals surface area contributed by atoms with Crippen molar-refractivity contribution in [3.8, 4) is 11.3 Å². The molecule has 1 aromatic heterocycles. The van der Waals surface area contributed by atoms with Gasteiger partial charge in [-0.2, -0.15) is 5.10 Å². The summed E-state index contributed by atoms with van der Waals surface area (Å²) in [7, 11) is 0. The Morgan fingerprint density at radius 1 is 1.16 bits per heavy atom. The summed E-state index contributed by atoms with van der Waals surface area (Å²) in [4.78, 5) is 0. The van der Waals surface area contributed by atoms with Gasteiger partial charge in [0, 0.05) is 11.8 Å². The van der Waals surface area contributed by atoms with Crippen LogP contribution in [0.15, 0.2) is 18.3 Å². The third-order valence-electron chi connectivity index (χ3n) is 2.93. The molecule has 0 bridgehead atoms. The van der Waals surface area contributed by atoms with E-state index in [1.54, 1.807) is 10.9 Å². The maximum atomic E-state index is 13.9. The van der Waals surface area contributed by atoms with Crippen molar-refractivity contribution in [1.29, 1.82) is 0 Å². The minimum atomic E-state index is -0.523. The van der Waals surface area contributed by atoms with Gasteiger partial charge in [0.15, 0.2) is 0 Å². The average Bonchev–Trinajstić information content (AvgIpc) is 2.65. The van der Waals surface area contributed by atoms with Crippen LogP contribution in [0, 0.1) is 18.6 Å². The van der Waals surface area contributed by atoms with Crippen LogP contribution in [0.2, 0.25) is 0 Å². The minimum Gasteiger partial charge on any atom is -0.396 e. The van der Waals surface area contributed by atoms with Crippen molar-refractivity contribution in [3.63, 3.8) is 0 Å². The average molecular weight is 265 g/mol. The van der Waals surface area contributed by atoms with E-state index in [1.165, 1.54) is 6.92 Å². The third kappa shape index (κ3) is 2.45. The Bertz CT molecular complexity index is 624. The maximum absolute atomic E-state index is 13.9. The molecule has 2 aromatic rings. The van der Waals surface area contributed by atoms with Gasteiger partial charge in [0.25, 0.3) is 0 Å². The molecule has 0 aliphatic heterocycles. The SMILES string of the molecule is Cc1cc(F)c(-c2nn(C(C)(C)C)cc2N)cc1F. The second-order valence-electron chi connectivity index (χ2n) is 5.63. The Morgan fingerprint density at radius 2 is 1.79 bits per heavy atom. The maximum Gasteiger partial charge on any atom is 0.133 e. The number of nitrogens with zero attached hydrogens (tertiary/aromatic N) is 2. The molecular weight excluding hydrogens is 248 g/mol. The summed E-state index contributed by atoms with van der Waals surface area (Å²) < 4.78 is 29.2. The van der Waals surface area contributed by atoms with Crippen LogP contribution >= 0.6 is 0 Å². The molecular formula is C14H17F2N3. The van der Waals surface area contributed by atoms with E-state index >= 15 is 0 Å². The lowest BCUT2D eigenvalue weighted by molar-refractivity contribution is 0.356. The van der Waals surface area contributed by atoms with Crippen molar-refractivity contribution in [2.75, 3.05) is 5.73 Å². The molecule has 0 saturated heterocycles. The molecule has 0 aliphatic carbocycles. The first-order chi connectivity index (χ1) is 8.70. The lowest BCUT2D eigenvalue weighted by Gasteiger charge is -2.18. The highest BCUT2D eigenvalue weighted by Gasteiger charge is 2.20. The highest BCUT2D eigenvalue weighted by Crippen LogP contribution is 2.30. The second kappa shape index (κ2) is 4.33. The number of benzene rings is 1. The fourth-order valence-electron chi connectivity index (χ4n) is 1.77. The summed E-state index contributed by atoms with van der Waals surface area (Å²) in [6.07, 6.45) is 1.63. The zero-order valence-electron chi connectivity index (χ0n) is 11.5. The molecule has 0 spiro atoms. The van der Waals surface area contributed by atoms with Gasteiger partial charge in [-0.05, 0) is 45.4 Å². The number of halogens is 2. The quantitative estimate of drug-likeness (QED) is 0.858. The number of rotatable bonds is 1. The molecule has 0 saturated carbocycles. The molecule has 0 aliphatic rings. The summed E-state index contributed by atoms with van der Waals surface area (Å²) in [5.41, 5.74) is 6.53. The highest BCUT2D eigenvalue weighted by atomic mass is 19.1. The van der Waals surface area contributed by atoms with E-state index < -0.39 is 11.6 Å². The van der Waals surface area contributed by atoms with Gasteiger partial charge in [-0.15, -0.1) is 0 Å². The molecule has 2 N–H and O–H groups in total. The first-order valence-electron chi connectivity index (χ1n) is 6.02. The zero-order chi connectivity index (χ0) is 14.4. The molecule has 2 rings (SSSR count). The standard InChI is InChI=1S/C14H17F2N3/c1-8-5-11(16)9(6-10(8)15)13-12(17)7-19(18-13)14(2,3)4/h5-7H,17H2,1-4H3. The molecule has 0 fully saturated rings. The molecule has 0 amide bonds. The van der Waals surface area contributed by atoms with Crippen molar-refractivity contribution in [2.24, 2.45) is 0 Å². The van der Waals surface area contributed by atoms with Crippen LogP contribution in [0.4, 0.5) is 14.5 Å². The minimum absolute atomic E-state index is 0.0867. The summed E-state index contributed by atoms with van der Waals surface area (Å²) in [6.45, 7) is 7.37. The van der Waals surface area contributed by atoms with Crippen LogP contribution in [0.5, 0.6) is 0 Å². The summed E-state index contributed by atoms with van der Waals surface area (Å²) in [5, 5.41) is 4.27. The number of hydrogen-bond donors (Lipinski definition) is 1. The smallest absolute Gasteiger partial charge is 0.133 e. The fraction of sp³-hybridized carbons (Fsp3) is 0.357. The van der Waals surface area contributed by atoms with E-state index in [0.717, 1.165) is 12.1 Å². The predicted molar refractivity (Wildman–Crippen MR) is 71.7 cm³/mol. The number of aromatic nitrogens is 2. The number of nitrogens with two attached hydrogens (primary N) is 1. The Morgan fingerprint density at radius 3 is 2.32 bits per heavy atom. The van der Waals surface area contributed by atoms with Crippen molar-refractivity contribution >= 4 is 5.69 Å². The lowest BCUT2D eigenvalue weighted by atomic mass is 10.1. The molecule has 3 nitrogen and oxygen atoms in total. The molecule has 1 aromatic carbocycles. The monoisotopic (exact) mass is 265 g/mol. The largest absolute Gasteiger partial charge is 0.396 e. The summed E-state index contributed by atoms with van der Waals surface area (Å²) in [6, 6.07) is 2.29. The van der Waals surface area contributed by atoms with Gasteiger partial charge in [-0.1, -0.05) is 0 Å². The Labute approximate surface area is 111 Å². The first-order valence-corrected chi connectivity index (χ1v) is 6.02. The summed E-state index contributed by atoms with van der Waals surface area (Å²) in [5.74, 6) is -0.995. The van der Waals surface area contributed by atoms with Gasteiger partial charge < -0.3 is 5.73 Å².